The number of nitrogens with two attached hydrogens (primary N) is 1. The molecular formula is C15H14ClFN2O2. The lowest BCUT2D eigenvalue weighted by Crippen LogP contribution is -2.25. The Morgan fingerprint density at radius 1 is 1.19 bits per heavy atom. The van der Waals surface area contributed by atoms with Crippen LogP contribution in [0.3, 0.4) is 0 Å². The van der Waals surface area contributed by atoms with Crippen LogP contribution < -0.4 is 5.73 Å². The van der Waals surface area contributed by atoms with E-state index in [9.17, 15) is 14.5 Å². The second-order valence-corrected chi connectivity index (χ2v) is 5.31. The molecule has 0 bridgehead atoms. The fraction of sp³-hybridized carbons (Fsp3) is 0.200. The molecule has 1 atom stereocenters. The summed E-state index contributed by atoms with van der Waals surface area (Å²) < 4.78 is 13.4. The summed E-state index contributed by atoms with van der Waals surface area (Å²) in [7, 11) is 0. The molecule has 0 aromatic heterocycles. The van der Waals surface area contributed by atoms with Gasteiger partial charge < -0.3 is 5.73 Å². The Kier molecular flexibility index (Phi) is 4.88. The summed E-state index contributed by atoms with van der Waals surface area (Å²) in [5.74, 6) is -0.630. The van der Waals surface area contributed by atoms with Crippen LogP contribution >= 0.6 is 11.6 Å². The fourth-order valence-electron chi connectivity index (χ4n) is 2.20. The van der Waals surface area contributed by atoms with Gasteiger partial charge in [0, 0.05) is 17.1 Å². The zero-order valence-electron chi connectivity index (χ0n) is 11.1. The summed E-state index contributed by atoms with van der Waals surface area (Å²) in [5.41, 5.74) is 7.25. The molecule has 0 fully saturated rings. The highest BCUT2D eigenvalue weighted by Crippen LogP contribution is 2.18. The van der Waals surface area contributed by atoms with E-state index >= 15 is 0 Å². The Morgan fingerprint density at radius 2 is 1.90 bits per heavy atom. The maximum Gasteiger partial charge on any atom is 0.272 e. The number of nitro benzene ring substituents is 1. The van der Waals surface area contributed by atoms with Crippen LogP contribution in [-0.2, 0) is 12.8 Å². The van der Waals surface area contributed by atoms with Crippen molar-refractivity contribution in [3.63, 3.8) is 0 Å². The minimum Gasteiger partial charge on any atom is -0.327 e. The van der Waals surface area contributed by atoms with Crippen LogP contribution in [0.1, 0.15) is 11.1 Å². The van der Waals surface area contributed by atoms with Crippen molar-refractivity contribution in [1.82, 2.24) is 0 Å². The number of hydrogen-bond acceptors (Lipinski definition) is 3. The molecule has 2 aromatic rings. The number of nitrogens with zero attached hydrogens (tertiary/aromatic N) is 1. The molecule has 0 aliphatic heterocycles. The van der Waals surface area contributed by atoms with Crippen LogP contribution in [0, 0.1) is 15.9 Å². The van der Waals surface area contributed by atoms with Gasteiger partial charge in [-0.05, 0) is 42.2 Å². The highest BCUT2D eigenvalue weighted by atomic mass is 35.5. The summed E-state index contributed by atoms with van der Waals surface area (Å²) >= 11 is 5.90. The van der Waals surface area contributed by atoms with Crippen molar-refractivity contribution in [2.45, 2.75) is 18.9 Å². The van der Waals surface area contributed by atoms with Crippen molar-refractivity contribution in [2.75, 3.05) is 0 Å². The predicted octanol–water partition coefficient (Wildman–Crippen LogP) is 3.50. The third-order valence-electron chi connectivity index (χ3n) is 3.04. The largest absolute Gasteiger partial charge is 0.327 e. The summed E-state index contributed by atoms with van der Waals surface area (Å²) in [6.07, 6.45) is 0.913. The number of hydrogen-bond donors (Lipinski definition) is 1. The molecule has 4 nitrogen and oxygen atoms in total. The second-order valence-electron chi connectivity index (χ2n) is 4.87. The standard InChI is InChI=1S/C15H14ClFN2O2/c16-12-3-1-2-10(4-12)6-14(18)7-11-5-13(17)9-15(8-11)19(20)21/h1-5,8-9,14H,6-7,18H2. The van der Waals surface area contributed by atoms with Gasteiger partial charge in [0.15, 0.2) is 0 Å². The Labute approximate surface area is 126 Å². The predicted molar refractivity (Wildman–Crippen MR) is 79.9 cm³/mol. The molecule has 0 spiro atoms. The first kappa shape index (κ1) is 15.4. The number of nitro groups is 1. The van der Waals surface area contributed by atoms with Crippen LogP contribution in [0.5, 0.6) is 0 Å². The molecule has 0 heterocycles. The van der Waals surface area contributed by atoms with Gasteiger partial charge in [-0.3, -0.25) is 10.1 Å². The van der Waals surface area contributed by atoms with Gasteiger partial charge in [0.05, 0.1) is 11.0 Å². The van der Waals surface area contributed by atoms with Crippen LogP contribution in [0.2, 0.25) is 5.02 Å². The highest BCUT2D eigenvalue weighted by molar-refractivity contribution is 6.30. The van der Waals surface area contributed by atoms with E-state index in [2.05, 4.69) is 0 Å². The van der Waals surface area contributed by atoms with Gasteiger partial charge >= 0.3 is 0 Å². The van der Waals surface area contributed by atoms with E-state index in [1.807, 2.05) is 18.2 Å². The zero-order valence-corrected chi connectivity index (χ0v) is 11.9. The van der Waals surface area contributed by atoms with Gasteiger partial charge in [0.1, 0.15) is 5.82 Å². The minimum atomic E-state index is -0.630. The summed E-state index contributed by atoms with van der Waals surface area (Å²) in [6.45, 7) is 0. The number of rotatable bonds is 5. The van der Waals surface area contributed by atoms with Crippen molar-refractivity contribution >= 4 is 17.3 Å². The average Bonchev–Trinajstić information content (AvgIpc) is 2.37. The Morgan fingerprint density at radius 3 is 2.57 bits per heavy atom. The second kappa shape index (κ2) is 6.65. The van der Waals surface area contributed by atoms with E-state index in [1.54, 1.807) is 6.07 Å². The van der Waals surface area contributed by atoms with E-state index in [1.165, 1.54) is 12.1 Å². The quantitative estimate of drug-likeness (QED) is 0.679. The molecule has 1 unspecified atom stereocenters. The lowest BCUT2D eigenvalue weighted by atomic mass is 9.99. The van der Waals surface area contributed by atoms with Crippen molar-refractivity contribution < 1.29 is 9.31 Å². The molecule has 0 saturated heterocycles. The third-order valence-corrected chi connectivity index (χ3v) is 3.27. The van der Waals surface area contributed by atoms with E-state index in [0.717, 1.165) is 11.6 Å². The first-order valence-electron chi connectivity index (χ1n) is 6.38. The molecule has 0 aliphatic carbocycles. The van der Waals surface area contributed by atoms with Crippen molar-refractivity contribution in [3.05, 3.63) is 74.5 Å². The lowest BCUT2D eigenvalue weighted by molar-refractivity contribution is -0.385. The molecule has 2 aromatic carbocycles. The summed E-state index contributed by atoms with van der Waals surface area (Å²) in [4.78, 5) is 10.1. The van der Waals surface area contributed by atoms with Crippen molar-refractivity contribution in [3.8, 4) is 0 Å². The summed E-state index contributed by atoms with van der Waals surface area (Å²) in [5, 5.41) is 11.3. The fourth-order valence-corrected chi connectivity index (χ4v) is 2.41. The van der Waals surface area contributed by atoms with E-state index < -0.39 is 10.7 Å². The molecule has 6 heteroatoms. The molecule has 0 saturated carbocycles. The Bertz CT molecular complexity index is 664. The molecule has 110 valence electrons. The zero-order chi connectivity index (χ0) is 15.4. The highest BCUT2D eigenvalue weighted by Gasteiger charge is 2.12. The van der Waals surface area contributed by atoms with Gasteiger partial charge in [-0.25, -0.2) is 4.39 Å². The first-order valence-corrected chi connectivity index (χ1v) is 6.76. The number of non-ortho nitro benzene ring substituents is 1. The van der Waals surface area contributed by atoms with Gasteiger partial charge in [0.2, 0.25) is 0 Å². The topological polar surface area (TPSA) is 69.2 Å². The van der Waals surface area contributed by atoms with Crippen LogP contribution in [-0.4, -0.2) is 11.0 Å². The monoisotopic (exact) mass is 308 g/mol. The van der Waals surface area contributed by atoms with E-state index in [0.29, 0.717) is 23.4 Å². The SMILES string of the molecule is NC(Cc1cccc(Cl)c1)Cc1cc(F)cc([N+](=O)[O-])c1. The number of benzene rings is 2. The average molecular weight is 309 g/mol. The minimum absolute atomic E-state index is 0.264. The molecule has 21 heavy (non-hydrogen) atoms. The first-order chi connectivity index (χ1) is 9.94. The maximum absolute atomic E-state index is 13.4. The van der Waals surface area contributed by atoms with Crippen LogP contribution in [0.4, 0.5) is 10.1 Å². The van der Waals surface area contributed by atoms with Crippen molar-refractivity contribution in [2.24, 2.45) is 5.73 Å². The lowest BCUT2D eigenvalue weighted by Gasteiger charge is -2.12. The van der Waals surface area contributed by atoms with Crippen LogP contribution in [0.15, 0.2) is 42.5 Å². The normalized spacial score (nSPS) is 12.1. The number of halogens is 2. The molecule has 2 rings (SSSR count). The summed E-state index contributed by atoms with van der Waals surface area (Å²) in [6, 6.07) is 10.6. The smallest absolute Gasteiger partial charge is 0.272 e. The van der Waals surface area contributed by atoms with E-state index in [4.69, 9.17) is 17.3 Å². The van der Waals surface area contributed by atoms with E-state index in [-0.39, 0.29) is 11.7 Å². The molecular weight excluding hydrogens is 295 g/mol. The molecule has 2 N–H and O–H groups in total. The van der Waals surface area contributed by atoms with Crippen molar-refractivity contribution in [1.29, 1.82) is 0 Å². The Balaban J connectivity index is 2.09. The molecule has 0 radical (unpaired) electrons. The molecule has 0 aliphatic rings. The van der Waals surface area contributed by atoms with Crippen LogP contribution in [0.25, 0.3) is 0 Å². The third kappa shape index (κ3) is 4.51. The van der Waals surface area contributed by atoms with Gasteiger partial charge in [-0.15, -0.1) is 0 Å². The maximum atomic E-state index is 13.4. The van der Waals surface area contributed by atoms with Gasteiger partial charge in [0.25, 0.3) is 5.69 Å². The molecule has 0 amide bonds. The van der Waals surface area contributed by atoms with Gasteiger partial charge in [-0.2, -0.15) is 0 Å². The van der Waals surface area contributed by atoms with Gasteiger partial charge in [-0.1, -0.05) is 23.7 Å². The Hall–Kier alpha value is -1.98.